The summed E-state index contributed by atoms with van der Waals surface area (Å²) in [6.07, 6.45) is 7.78. The summed E-state index contributed by atoms with van der Waals surface area (Å²) in [5.74, 6) is 0. The predicted molar refractivity (Wildman–Crippen MR) is 81.5 cm³/mol. The molecule has 0 saturated carbocycles. The van der Waals surface area contributed by atoms with E-state index in [1.54, 1.807) is 18.3 Å². The Morgan fingerprint density at radius 1 is 1.33 bits per heavy atom. The highest BCUT2D eigenvalue weighted by Gasteiger charge is 2.22. The quantitative estimate of drug-likeness (QED) is 0.623. The van der Waals surface area contributed by atoms with Crippen LogP contribution in [0.3, 0.4) is 0 Å². The lowest BCUT2D eigenvalue weighted by atomic mass is 10.4. The highest BCUT2D eigenvalue weighted by Crippen LogP contribution is 2.33. The molecule has 3 N–H and O–H groups in total. The second-order valence-electron chi connectivity index (χ2n) is 3.11. The van der Waals surface area contributed by atoms with Gasteiger partial charge in [0.1, 0.15) is 13.0 Å². The Kier molecular flexibility index (Phi) is 4.53. The normalized spacial score (nSPS) is 25.0. The smallest absolute Gasteiger partial charge is 0.121 e. The molecule has 2 aliphatic heterocycles. The van der Waals surface area contributed by atoms with Crippen molar-refractivity contribution in [3.8, 4) is 0 Å². The number of hydrazine groups is 2. The molecule has 7 nitrogen and oxygen atoms in total. The maximum absolute atomic E-state index is 4.38. The molecule has 11 heteroatoms. The van der Waals surface area contributed by atoms with Crippen LogP contribution in [-0.2, 0) is 0 Å². The number of rotatable bonds is 1. The van der Waals surface area contributed by atoms with Crippen LogP contribution in [0.2, 0.25) is 0 Å². The van der Waals surface area contributed by atoms with Gasteiger partial charge < -0.3 is 0 Å². The lowest BCUT2D eigenvalue weighted by Gasteiger charge is -2.27. The first-order chi connectivity index (χ1) is 8.93. The monoisotopic (exact) mass is 319 g/mol. The van der Waals surface area contributed by atoms with Crippen LogP contribution in [0.25, 0.3) is 0 Å². The van der Waals surface area contributed by atoms with Crippen LogP contribution in [0.15, 0.2) is 32.5 Å². The molecule has 0 unspecified atom stereocenters. The molecule has 18 heavy (non-hydrogen) atoms. The van der Waals surface area contributed by atoms with Crippen LogP contribution in [0, 0.1) is 0 Å². The zero-order chi connectivity index (χ0) is 12.2. The van der Waals surface area contributed by atoms with Gasteiger partial charge in [-0.3, -0.25) is 4.99 Å². The number of fused-ring (bicyclic) bond motifs is 1. The third-order valence-electron chi connectivity index (χ3n) is 2.00. The van der Waals surface area contributed by atoms with Crippen molar-refractivity contribution in [1.82, 2.24) is 22.6 Å². The van der Waals surface area contributed by atoms with Gasteiger partial charge in [0, 0.05) is 12.1 Å². The van der Waals surface area contributed by atoms with Crippen LogP contribution in [0.4, 0.5) is 0 Å². The van der Waals surface area contributed by atoms with Gasteiger partial charge in [-0.2, -0.15) is 18.1 Å². The molecule has 0 bridgehead atoms. The molecular weight excluding hydrogens is 310 g/mol. The molecule has 0 aromatic heterocycles. The first-order valence-electron chi connectivity index (χ1n) is 4.90. The van der Waals surface area contributed by atoms with Gasteiger partial charge >= 0.3 is 0 Å². The summed E-state index contributed by atoms with van der Waals surface area (Å²) in [5.41, 5.74) is 4.08. The Labute approximate surface area is 122 Å². The largest absolute Gasteiger partial charge is 0.256 e. The zero-order valence-corrected chi connectivity index (χ0v) is 12.2. The average molecular weight is 319 g/mol. The number of nitrogens with zero attached hydrogens (tertiary/aromatic N) is 4. The fraction of sp³-hybridized carbons (Fsp3) is 0.143. The van der Waals surface area contributed by atoms with Crippen molar-refractivity contribution in [2.24, 2.45) is 9.39 Å². The fourth-order valence-corrected chi connectivity index (χ4v) is 4.28. The van der Waals surface area contributed by atoms with Crippen molar-refractivity contribution >= 4 is 60.4 Å². The van der Waals surface area contributed by atoms with Crippen molar-refractivity contribution < 1.29 is 0 Å². The minimum Gasteiger partial charge on any atom is -0.256 e. The van der Waals surface area contributed by atoms with E-state index in [0.29, 0.717) is 6.67 Å². The summed E-state index contributed by atoms with van der Waals surface area (Å²) >= 11 is 5.70. The maximum Gasteiger partial charge on any atom is 0.121 e. The van der Waals surface area contributed by atoms with Crippen LogP contribution in [0.1, 0.15) is 0 Å². The highest BCUT2D eigenvalue weighted by atomic mass is 32.3. The summed E-state index contributed by atoms with van der Waals surface area (Å²) in [6.45, 7) is 0.594. The third-order valence-corrected chi connectivity index (χ3v) is 5.21. The molecule has 0 fully saturated rings. The van der Waals surface area contributed by atoms with Gasteiger partial charge in [0.05, 0.1) is 34.9 Å². The molecule has 1 aliphatic carbocycles. The molecular formula is C7H9N7S4. The SMILES string of the molecule is C1=CC2=NSNSNSN(N3C=NCN3)SC2=C1. The molecule has 0 saturated heterocycles. The number of hydrogen-bond acceptors (Lipinski definition) is 11. The Hall–Kier alpha value is -0.140. The molecule has 0 aromatic rings. The number of allylic oxidation sites excluding steroid dienone is 4. The first-order valence-corrected chi connectivity index (χ1v) is 8.03. The molecule has 0 radical (unpaired) electrons. The van der Waals surface area contributed by atoms with E-state index in [4.69, 9.17) is 0 Å². The van der Waals surface area contributed by atoms with E-state index in [1.807, 2.05) is 27.2 Å². The molecule has 0 aromatic carbocycles. The van der Waals surface area contributed by atoms with Crippen LogP contribution >= 0.6 is 48.3 Å². The highest BCUT2D eigenvalue weighted by molar-refractivity contribution is 8.21. The second-order valence-corrected chi connectivity index (χ2v) is 6.74. The fourth-order valence-electron chi connectivity index (χ4n) is 1.26. The van der Waals surface area contributed by atoms with E-state index in [-0.39, 0.29) is 0 Å². The molecule has 96 valence electrons. The Bertz CT molecular complexity index is 434. The van der Waals surface area contributed by atoms with Gasteiger partial charge in [-0.15, -0.1) is 0 Å². The molecule has 3 rings (SSSR count). The van der Waals surface area contributed by atoms with E-state index < -0.39 is 0 Å². The van der Waals surface area contributed by atoms with Gasteiger partial charge in [0.15, 0.2) is 0 Å². The summed E-state index contributed by atoms with van der Waals surface area (Å²) in [5, 5.41) is 1.83. The van der Waals surface area contributed by atoms with E-state index in [9.17, 15) is 0 Å². The number of nitrogens with one attached hydrogen (secondary N) is 3. The van der Waals surface area contributed by atoms with E-state index >= 15 is 0 Å². The van der Waals surface area contributed by atoms with Crippen molar-refractivity contribution in [1.29, 1.82) is 0 Å². The van der Waals surface area contributed by atoms with Crippen LogP contribution in [0.5, 0.6) is 0 Å². The van der Waals surface area contributed by atoms with E-state index in [2.05, 4.69) is 23.1 Å². The Morgan fingerprint density at radius 3 is 3.22 bits per heavy atom. The lowest BCUT2D eigenvalue weighted by Crippen LogP contribution is -2.40. The number of aliphatic imine (C=N–C) groups is 1. The molecule has 0 amide bonds. The topological polar surface area (TPSA) is 67.3 Å². The molecule has 2 heterocycles. The Morgan fingerprint density at radius 2 is 2.33 bits per heavy atom. The summed E-state index contributed by atoms with van der Waals surface area (Å²) in [7, 11) is 0. The second kappa shape index (κ2) is 6.34. The van der Waals surface area contributed by atoms with Crippen molar-refractivity contribution in [3.05, 3.63) is 23.1 Å². The minimum absolute atomic E-state index is 0.594. The number of hydrogen-bond donors (Lipinski definition) is 3. The van der Waals surface area contributed by atoms with Crippen molar-refractivity contribution in [3.63, 3.8) is 0 Å². The summed E-state index contributed by atoms with van der Waals surface area (Å²) in [6, 6.07) is 0. The predicted octanol–water partition coefficient (Wildman–Crippen LogP) is 1.43. The maximum atomic E-state index is 4.38. The first kappa shape index (κ1) is 12.9. The van der Waals surface area contributed by atoms with Crippen LogP contribution < -0.4 is 13.7 Å². The van der Waals surface area contributed by atoms with Crippen molar-refractivity contribution in [2.75, 3.05) is 6.67 Å². The standard InChI is InChI=1S/C7H9N7S4/c1-2-6-7(3-1)15-14(13-5-8-4-9-13)18-12-17-11-16-10-6/h1-3,5,9,11-12H,4H2. The van der Waals surface area contributed by atoms with Gasteiger partial charge in [-0.1, -0.05) is 9.90 Å². The summed E-state index contributed by atoms with van der Waals surface area (Å²) < 4.78 is 12.5. The van der Waals surface area contributed by atoms with E-state index in [0.717, 1.165) is 10.6 Å². The van der Waals surface area contributed by atoms with Crippen molar-refractivity contribution in [2.45, 2.75) is 0 Å². The zero-order valence-electron chi connectivity index (χ0n) is 8.94. The van der Waals surface area contributed by atoms with Crippen LogP contribution in [-0.4, -0.2) is 27.7 Å². The minimum atomic E-state index is 0.594. The summed E-state index contributed by atoms with van der Waals surface area (Å²) in [4.78, 5) is 5.21. The Balaban J connectivity index is 1.75. The lowest BCUT2D eigenvalue weighted by molar-refractivity contribution is 0.225. The third kappa shape index (κ3) is 3.05. The van der Waals surface area contributed by atoms with E-state index in [1.165, 1.54) is 36.4 Å². The van der Waals surface area contributed by atoms with Gasteiger partial charge in [-0.25, -0.2) is 5.12 Å². The van der Waals surface area contributed by atoms with Gasteiger partial charge in [0.2, 0.25) is 0 Å². The molecule has 3 aliphatic rings. The average Bonchev–Trinajstić information content (AvgIpc) is 3.04. The molecule has 0 spiro atoms. The molecule has 0 atom stereocenters. The van der Waals surface area contributed by atoms with Gasteiger partial charge in [-0.05, 0) is 24.1 Å². The van der Waals surface area contributed by atoms with Gasteiger partial charge in [0.25, 0.3) is 0 Å².